The van der Waals surface area contributed by atoms with Gasteiger partial charge in [-0.25, -0.2) is 8.78 Å². The van der Waals surface area contributed by atoms with Crippen molar-refractivity contribution in [2.75, 3.05) is 24.2 Å². The van der Waals surface area contributed by atoms with Gasteiger partial charge in [-0.3, -0.25) is 10.1 Å². The average molecular weight is 421 g/mol. The Hall–Kier alpha value is -3.79. The third-order valence-corrected chi connectivity index (χ3v) is 3.61. The molecule has 0 fully saturated rings. The number of nitro benzene ring substituents is 1. The lowest BCUT2D eigenvalue weighted by molar-refractivity contribution is -0.387. The zero-order chi connectivity index (χ0) is 22.1. The molecule has 10 heteroatoms. The van der Waals surface area contributed by atoms with Crippen molar-refractivity contribution in [3.8, 4) is 11.5 Å². The summed E-state index contributed by atoms with van der Waals surface area (Å²) in [7, 11) is 0. The highest BCUT2D eigenvalue weighted by Crippen LogP contribution is 2.28. The number of hydrogen-bond donors (Lipinski definition) is 3. The predicted molar refractivity (Wildman–Crippen MR) is 106 cm³/mol. The Kier molecular flexibility index (Phi) is 8.00. The van der Waals surface area contributed by atoms with E-state index in [2.05, 4.69) is 5.32 Å². The van der Waals surface area contributed by atoms with Gasteiger partial charge in [0.2, 0.25) is 5.82 Å². The number of halogens is 3. The number of nitrogens with one attached hydrogen (secondary N) is 1. The molecule has 158 valence electrons. The molecule has 3 rings (SSSR count). The van der Waals surface area contributed by atoms with Gasteiger partial charge in [-0.05, 0) is 42.5 Å². The standard InChI is InChI=1S/C14H15FN2O2.C6H3F2NO2/c15-10-1-3-11(4-2-10)19-12-5-6-13(16)14(9-12)17-7-8-18;7-4-1-2-6(9(10)11)5(8)3-4/h1-6,9,17-18H,7-8,16H2;1-3H. The summed E-state index contributed by atoms with van der Waals surface area (Å²) in [5, 5.41) is 21.7. The normalized spacial score (nSPS) is 10.0. The molecular weight excluding hydrogens is 403 g/mol. The fourth-order valence-electron chi connectivity index (χ4n) is 2.21. The summed E-state index contributed by atoms with van der Waals surface area (Å²) >= 11 is 0. The first kappa shape index (κ1) is 22.5. The fraction of sp³-hybridized carbons (Fsp3) is 0.100. The third-order valence-electron chi connectivity index (χ3n) is 3.61. The minimum absolute atomic E-state index is 0.0164. The summed E-state index contributed by atoms with van der Waals surface area (Å²) in [6.07, 6.45) is 0. The van der Waals surface area contributed by atoms with Crippen molar-refractivity contribution in [1.82, 2.24) is 0 Å². The number of nitrogen functional groups attached to an aromatic ring is 1. The Morgan fingerprint density at radius 2 is 1.60 bits per heavy atom. The zero-order valence-electron chi connectivity index (χ0n) is 15.5. The van der Waals surface area contributed by atoms with Gasteiger partial charge in [-0.2, -0.15) is 4.39 Å². The Bertz CT molecular complexity index is 1000. The second-order valence-corrected chi connectivity index (χ2v) is 5.81. The highest BCUT2D eigenvalue weighted by molar-refractivity contribution is 5.68. The monoisotopic (exact) mass is 421 g/mol. The quantitative estimate of drug-likeness (QED) is 0.308. The predicted octanol–water partition coefficient (Wildman–Crippen LogP) is 4.48. The highest BCUT2D eigenvalue weighted by Gasteiger charge is 2.13. The Labute approximate surface area is 169 Å². The van der Waals surface area contributed by atoms with E-state index in [4.69, 9.17) is 15.6 Å². The summed E-state index contributed by atoms with van der Waals surface area (Å²) in [4.78, 5) is 9.07. The number of aliphatic hydroxyl groups excluding tert-OH is 1. The van der Waals surface area contributed by atoms with E-state index in [0.29, 0.717) is 35.5 Å². The molecule has 3 aromatic rings. The van der Waals surface area contributed by atoms with Gasteiger partial charge in [0.25, 0.3) is 0 Å². The first-order valence-corrected chi connectivity index (χ1v) is 8.57. The molecule has 30 heavy (non-hydrogen) atoms. The molecule has 0 unspecified atom stereocenters. The molecule has 0 bridgehead atoms. The summed E-state index contributed by atoms with van der Waals surface area (Å²) in [5.74, 6) is -1.17. The minimum Gasteiger partial charge on any atom is -0.457 e. The maximum Gasteiger partial charge on any atom is 0.304 e. The number of nitrogens with zero attached hydrogens (tertiary/aromatic N) is 1. The van der Waals surface area contributed by atoms with Crippen molar-refractivity contribution >= 4 is 17.1 Å². The number of benzene rings is 3. The van der Waals surface area contributed by atoms with E-state index in [9.17, 15) is 23.3 Å². The van der Waals surface area contributed by atoms with Crippen molar-refractivity contribution in [3.05, 3.63) is 88.2 Å². The fourth-order valence-corrected chi connectivity index (χ4v) is 2.21. The number of nitro groups is 1. The Morgan fingerprint density at radius 3 is 2.20 bits per heavy atom. The van der Waals surface area contributed by atoms with E-state index in [1.165, 1.54) is 12.1 Å². The van der Waals surface area contributed by atoms with Crippen LogP contribution in [0.25, 0.3) is 0 Å². The lowest BCUT2D eigenvalue weighted by atomic mass is 10.2. The van der Waals surface area contributed by atoms with Gasteiger partial charge in [-0.15, -0.1) is 0 Å². The van der Waals surface area contributed by atoms with Crippen LogP contribution < -0.4 is 15.8 Å². The smallest absolute Gasteiger partial charge is 0.304 e. The van der Waals surface area contributed by atoms with Crippen LogP contribution in [-0.4, -0.2) is 23.2 Å². The molecule has 0 saturated carbocycles. The molecule has 0 aliphatic carbocycles. The third kappa shape index (κ3) is 6.67. The van der Waals surface area contributed by atoms with Crippen LogP contribution in [0, 0.1) is 27.6 Å². The molecule has 0 aliphatic heterocycles. The number of nitrogens with two attached hydrogens (primary N) is 1. The van der Waals surface area contributed by atoms with Gasteiger partial charge < -0.3 is 20.9 Å². The van der Waals surface area contributed by atoms with Gasteiger partial charge in [-0.1, -0.05) is 0 Å². The molecule has 0 spiro atoms. The van der Waals surface area contributed by atoms with E-state index < -0.39 is 22.2 Å². The zero-order valence-corrected chi connectivity index (χ0v) is 15.5. The number of hydrogen-bond acceptors (Lipinski definition) is 6. The lowest BCUT2D eigenvalue weighted by Gasteiger charge is -2.11. The van der Waals surface area contributed by atoms with Crippen LogP contribution >= 0.6 is 0 Å². The van der Waals surface area contributed by atoms with Crippen LogP contribution in [0.15, 0.2) is 60.7 Å². The average Bonchev–Trinajstić information content (AvgIpc) is 2.70. The molecule has 0 amide bonds. The number of anilines is 2. The second kappa shape index (κ2) is 10.7. The van der Waals surface area contributed by atoms with E-state index in [0.717, 1.165) is 12.1 Å². The largest absolute Gasteiger partial charge is 0.457 e. The molecular formula is C20H18F3N3O4. The van der Waals surface area contributed by atoms with Gasteiger partial charge in [0.1, 0.15) is 23.1 Å². The van der Waals surface area contributed by atoms with Crippen molar-refractivity contribution < 1.29 is 27.9 Å². The molecule has 7 nitrogen and oxygen atoms in total. The van der Waals surface area contributed by atoms with E-state index in [1.807, 2.05) is 0 Å². The maximum absolute atomic E-state index is 12.8. The first-order valence-electron chi connectivity index (χ1n) is 8.57. The van der Waals surface area contributed by atoms with Gasteiger partial charge in [0, 0.05) is 24.7 Å². The van der Waals surface area contributed by atoms with E-state index in [1.54, 1.807) is 30.3 Å². The number of rotatable bonds is 6. The van der Waals surface area contributed by atoms with Gasteiger partial charge in [0.15, 0.2) is 0 Å². The number of aliphatic hydroxyl groups is 1. The molecule has 0 heterocycles. The molecule has 0 saturated heterocycles. The summed E-state index contributed by atoms with van der Waals surface area (Å²) in [6, 6.07) is 13.0. The minimum atomic E-state index is -1.16. The van der Waals surface area contributed by atoms with Crippen LogP contribution in [0.3, 0.4) is 0 Å². The van der Waals surface area contributed by atoms with Crippen LogP contribution in [0.2, 0.25) is 0 Å². The maximum atomic E-state index is 12.8. The van der Waals surface area contributed by atoms with Gasteiger partial charge in [0.05, 0.1) is 22.9 Å². The van der Waals surface area contributed by atoms with Crippen LogP contribution in [0.5, 0.6) is 11.5 Å². The second-order valence-electron chi connectivity index (χ2n) is 5.81. The van der Waals surface area contributed by atoms with Crippen molar-refractivity contribution in [2.24, 2.45) is 0 Å². The molecule has 0 aromatic heterocycles. The van der Waals surface area contributed by atoms with Gasteiger partial charge >= 0.3 is 5.69 Å². The Morgan fingerprint density at radius 1 is 0.967 bits per heavy atom. The summed E-state index contributed by atoms with van der Waals surface area (Å²) < 4.78 is 42.9. The van der Waals surface area contributed by atoms with Crippen molar-refractivity contribution in [3.63, 3.8) is 0 Å². The molecule has 0 atom stereocenters. The first-order chi connectivity index (χ1) is 14.3. The SMILES string of the molecule is Nc1ccc(Oc2ccc(F)cc2)cc1NCCO.O=[N+]([O-])c1ccc(F)cc1F. The Balaban J connectivity index is 0.000000248. The van der Waals surface area contributed by atoms with E-state index >= 15 is 0 Å². The highest BCUT2D eigenvalue weighted by atomic mass is 19.1. The topological polar surface area (TPSA) is 111 Å². The number of ether oxygens (including phenoxy) is 1. The molecule has 0 aliphatic rings. The van der Waals surface area contributed by atoms with Crippen molar-refractivity contribution in [1.29, 1.82) is 0 Å². The molecule has 4 N–H and O–H groups in total. The summed E-state index contributed by atoms with van der Waals surface area (Å²) in [6.45, 7) is 0.423. The van der Waals surface area contributed by atoms with Crippen LogP contribution in [0.1, 0.15) is 0 Å². The lowest BCUT2D eigenvalue weighted by Crippen LogP contribution is -2.07. The molecule has 0 radical (unpaired) electrons. The van der Waals surface area contributed by atoms with Crippen LogP contribution in [0.4, 0.5) is 30.2 Å². The molecule has 3 aromatic carbocycles. The van der Waals surface area contributed by atoms with Crippen molar-refractivity contribution in [2.45, 2.75) is 0 Å². The summed E-state index contributed by atoms with van der Waals surface area (Å²) in [5.41, 5.74) is 6.34. The van der Waals surface area contributed by atoms with E-state index in [-0.39, 0.29) is 12.4 Å². The van der Waals surface area contributed by atoms with Crippen LogP contribution in [-0.2, 0) is 0 Å².